The van der Waals surface area contributed by atoms with Gasteiger partial charge in [0, 0.05) is 0 Å². The van der Waals surface area contributed by atoms with Crippen molar-refractivity contribution in [2.45, 2.75) is 23.7 Å². The molecule has 24 heavy (non-hydrogen) atoms. The first-order valence-corrected chi connectivity index (χ1v) is 10.0. The Labute approximate surface area is 156 Å². The summed E-state index contributed by atoms with van der Waals surface area (Å²) in [5.74, 6) is 0.428. The fourth-order valence-corrected chi connectivity index (χ4v) is 5.22. The molecule has 0 aliphatic carbocycles. The summed E-state index contributed by atoms with van der Waals surface area (Å²) in [6.45, 7) is 1.10. The number of rotatable bonds is 3. The van der Waals surface area contributed by atoms with Crippen molar-refractivity contribution < 1.29 is 17.6 Å². The molecule has 1 saturated heterocycles. The Hall–Kier alpha value is -0.581. The predicted octanol–water partition coefficient (Wildman–Crippen LogP) is 2.24. The third-order valence-electron chi connectivity index (χ3n) is 3.89. The third-order valence-corrected chi connectivity index (χ3v) is 7.30. The second-order valence-electron chi connectivity index (χ2n) is 5.69. The molecular formula is C14H15F4IN4Se. The SMILES string of the molecule is CN1CC[C@@H](Nc2nccn3c([Se]C(F)(F)F)c(I)cc23)[C@@H](F)C1. The normalized spacial score (nSPS) is 22.9. The van der Waals surface area contributed by atoms with Gasteiger partial charge < -0.3 is 0 Å². The molecule has 4 nitrogen and oxygen atoms in total. The van der Waals surface area contributed by atoms with Gasteiger partial charge in [0.25, 0.3) is 0 Å². The Bertz CT molecular complexity index is 735. The van der Waals surface area contributed by atoms with E-state index in [9.17, 15) is 17.6 Å². The van der Waals surface area contributed by atoms with Crippen molar-refractivity contribution in [3.05, 3.63) is 22.0 Å². The number of anilines is 1. The van der Waals surface area contributed by atoms with Crippen molar-refractivity contribution in [1.82, 2.24) is 14.3 Å². The minimum absolute atomic E-state index is 0.233. The van der Waals surface area contributed by atoms with E-state index in [1.54, 1.807) is 6.07 Å². The molecule has 2 atom stereocenters. The number of aromatic nitrogens is 2. The van der Waals surface area contributed by atoms with Crippen LogP contribution in [0.4, 0.5) is 23.4 Å². The molecule has 3 heterocycles. The van der Waals surface area contributed by atoms with Gasteiger partial charge in [0.1, 0.15) is 0 Å². The quantitative estimate of drug-likeness (QED) is 0.383. The Kier molecular flexibility index (Phi) is 5.29. The molecular weight excluding hydrogens is 506 g/mol. The first-order valence-electron chi connectivity index (χ1n) is 7.25. The van der Waals surface area contributed by atoms with Gasteiger partial charge in [-0.3, -0.25) is 0 Å². The fraction of sp³-hybridized carbons (Fsp3) is 0.500. The third kappa shape index (κ3) is 3.97. The van der Waals surface area contributed by atoms with Gasteiger partial charge >= 0.3 is 157 Å². The molecule has 0 amide bonds. The molecule has 0 aromatic carbocycles. The van der Waals surface area contributed by atoms with E-state index in [4.69, 9.17) is 0 Å². The van der Waals surface area contributed by atoms with Gasteiger partial charge in [0.2, 0.25) is 0 Å². The molecule has 1 aliphatic rings. The van der Waals surface area contributed by atoms with Crippen LogP contribution in [-0.4, -0.2) is 66.7 Å². The summed E-state index contributed by atoms with van der Waals surface area (Å²) in [6, 6.07) is 1.28. The standard InChI is InChI=1S/C14H15F4IN4Se/c1-22-4-2-10(8(15)7-22)21-12-11-6-9(19)13(24-14(16,17)18)23(11)5-3-20-12/h3,5-6,8,10H,2,4,7H2,1H3,(H,20,21)/t8-,10+/m0/s1. The molecule has 10 heteroatoms. The van der Waals surface area contributed by atoms with Gasteiger partial charge in [-0.05, 0) is 0 Å². The van der Waals surface area contributed by atoms with Crippen LogP contribution in [0.2, 0.25) is 0 Å². The van der Waals surface area contributed by atoms with Crippen molar-refractivity contribution in [1.29, 1.82) is 0 Å². The summed E-state index contributed by atoms with van der Waals surface area (Å²) < 4.78 is 54.9. The topological polar surface area (TPSA) is 32.6 Å². The number of fused-ring (bicyclic) bond motifs is 1. The van der Waals surface area contributed by atoms with Gasteiger partial charge in [-0.2, -0.15) is 0 Å². The molecule has 0 unspecified atom stereocenters. The summed E-state index contributed by atoms with van der Waals surface area (Å²) in [5, 5.41) is -1.14. The van der Waals surface area contributed by atoms with Gasteiger partial charge in [-0.25, -0.2) is 0 Å². The maximum absolute atomic E-state index is 14.2. The summed E-state index contributed by atoms with van der Waals surface area (Å²) in [6.07, 6.45) is 2.55. The summed E-state index contributed by atoms with van der Waals surface area (Å²) in [4.78, 5) is 6.13. The molecule has 132 valence electrons. The van der Waals surface area contributed by atoms with Crippen LogP contribution in [0.3, 0.4) is 0 Å². The fourth-order valence-electron chi connectivity index (χ4n) is 2.76. The van der Waals surface area contributed by atoms with E-state index in [1.165, 1.54) is 16.8 Å². The Balaban J connectivity index is 1.91. The molecule has 0 saturated carbocycles. The van der Waals surface area contributed by atoms with E-state index in [0.29, 0.717) is 27.9 Å². The van der Waals surface area contributed by atoms with Gasteiger partial charge in [0.15, 0.2) is 0 Å². The maximum atomic E-state index is 14.2. The summed E-state index contributed by atoms with van der Waals surface area (Å²) >= 11 is 0.258. The Morgan fingerprint density at radius 1 is 1.42 bits per heavy atom. The minimum atomic E-state index is -4.23. The first kappa shape index (κ1) is 18.2. The van der Waals surface area contributed by atoms with Gasteiger partial charge in [-0.15, -0.1) is 0 Å². The van der Waals surface area contributed by atoms with Gasteiger partial charge in [-0.1, -0.05) is 0 Å². The number of hydrogen-bond acceptors (Lipinski definition) is 3. The second kappa shape index (κ2) is 6.97. The van der Waals surface area contributed by atoms with Crippen LogP contribution >= 0.6 is 22.6 Å². The van der Waals surface area contributed by atoms with E-state index in [2.05, 4.69) is 10.3 Å². The van der Waals surface area contributed by atoms with E-state index >= 15 is 0 Å². The van der Waals surface area contributed by atoms with Crippen LogP contribution in [0.1, 0.15) is 6.42 Å². The van der Waals surface area contributed by atoms with E-state index in [1.807, 2.05) is 34.5 Å². The number of nitrogens with zero attached hydrogens (tertiary/aromatic N) is 3. The molecule has 2 aromatic rings. The average molecular weight is 521 g/mol. The summed E-state index contributed by atoms with van der Waals surface area (Å²) in [7, 11) is 1.86. The molecule has 2 aromatic heterocycles. The van der Waals surface area contributed by atoms with E-state index in [0.717, 1.165) is 6.54 Å². The molecule has 1 N–H and O–H groups in total. The number of hydrogen-bond donors (Lipinski definition) is 1. The zero-order chi connectivity index (χ0) is 17.5. The molecule has 1 fully saturated rings. The van der Waals surface area contributed by atoms with E-state index in [-0.39, 0.29) is 10.6 Å². The number of halogens is 5. The molecule has 0 radical (unpaired) electrons. The van der Waals surface area contributed by atoms with Crippen molar-refractivity contribution >= 4 is 53.5 Å². The second-order valence-corrected chi connectivity index (χ2v) is 9.07. The molecule has 0 bridgehead atoms. The number of piperidine rings is 1. The number of nitrogens with one attached hydrogen (secondary N) is 1. The monoisotopic (exact) mass is 522 g/mol. The summed E-state index contributed by atoms with van der Waals surface area (Å²) in [5.41, 5.74) is 0.550. The average Bonchev–Trinajstić information content (AvgIpc) is 2.78. The van der Waals surface area contributed by atoms with Gasteiger partial charge in [0.05, 0.1) is 0 Å². The van der Waals surface area contributed by atoms with Crippen LogP contribution in [0.5, 0.6) is 0 Å². The van der Waals surface area contributed by atoms with Crippen LogP contribution in [-0.2, 0) is 0 Å². The zero-order valence-corrected chi connectivity index (χ0v) is 16.5. The molecule has 3 rings (SSSR count). The van der Waals surface area contributed by atoms with Crippen LogP contribution in [0, 0.1) is 3.57 Å². The number of likely N-dealkylation sites (tertiary alicyclic amines) is 1. The van der Waals surface area contributed by atoms with Crippen molar-refractivity contribution in [3.8, 4) is 0 Å². The van der Waals surface area contributed by atoms with Crippen LogP contribution in [0.15, 0.2) is 18.5 Å². The predicted molar refractivity (Wildman–Crippen MR) is 93.8 cm³/mol. The van der Waals surface area contributed by atoms with Crippen molar-refractivity contribution in [2.24, 2.45) is 0 Å². The first-order chi connectivity index (χ1) is 11.2. The molecule has 0 spiro atoms. The molecule has 1 aliphatic heterocycles. The van der Waals surface area contributed by atoms with Crippen LogP contribution in [0.25, 0.3) is 5.52 Å². The van der Waals surface area contributed by atoms with Crippen molar-refractivity contribution in [2.75, 3.05) is 25.5 Å². The van der Waals surface area contributed by atoms with E-state index < -0.39 is 26.2 Å². The zero-order valence-electron chi connectivity index (χ0n) is 12.6. The van der Waals surface area contributed by atoms with Crippen LogP contribution < -0.4 is 9.91 Å². The Morgan fingerprint density at radius 3 is 2.83 bits per heavy atom. The number of alkyl halides is 4. The van der Waals surface area contributed by atoms with Crippen molar-refractivity contribution in [3.63, 3.8) is 0 Å². The Morgan fingerprint density at radius 2 is 2.17 bits per heavy atom.